The van der Waals surface area contributed by atoms with Crippen LogP contribution < -0.4 is 5.73 Å². The molecule has 0 spiro atoms. The van der Waals surface area contributed by atoms with Crippen LogP contribution in [0.2, 0.25) is 5.15 Å². The summed E-state index contributed by atoms with van der Waals surface area (Å²) in [6.07, 6.45) is 0. The molecule has 0 saturated carbocycles. The van der Waals surface area contributed by atoms with Crippen LogP contribution in [0.15, 0.2) is 12.1 Å². The smallest absolute Gasteiger partial charge is 0.151 e. The highest BCUT2D eigenvalue weighted by atomic mass is 35.5. The predicted octanol–water partition coefficient (Wildman–Crippen LogP) is 1.74. The first-order chi connectivity index (χ1) is 4.79. The number of rotatable bonds is 0. The SMILES string of the molecule is CC.Nc1ccc(Cl)nn1. The normalized spacial score (nSPS) is 7.90. The Balaban J connectivity index is 0.000000371. The largest absolute Gasteiger partial charge is 0.382 e. The van der Waals surface area contributed by atoms with E-state index < -0.39 is 0 Å². The first-order valence-corrected chi connectivity index (χ1v) is 3.41. The molecule has 1 aromatic heterocycles. The molecule has 0 bridgehead atoms. The zero-order chi connectivity index (χ0) is 7.98. The van der Waals surface area contributed by atoms with Gasteiger partial charge in [0.25, 0.3) is 0 Å². The lowest BCUT2D eigenvalue weighted by Crippen LogP contribution is -1.90. The quantitative estimate of drug-likeness (QED) is 0.628. The number of hydrogen-bond acceptors (Lipinski definition) is 3. The Bertz CT molecular complexity index is 152. The van der Waals surface area contributed by atoms with E-state index in [4.69, 9.17) is 17.3 Å². The fourth-order valence-electron chi connectivity index (χ4n) is 0.326. The van der Waals surface area contributed by atoms with Crippen LogP contribution in [-0.4, -0.2) is 10.2 Å². The van der Waals surface area contributed by atoms with Crippen molar-refractivity contribution in [2.24, 2.45) is 0 Å². The molecule has 0 aliphatic rings. The van der Waals surface area contributed by atoms with Crippen LogP contribution in [0, 0.1) is 0 Å². The molecule has 0 radical (unpaired) electrons. The number of aromatic nitrogens is 2. The van der Waals surface area contributed by atoms with E-state index in [1.165, 1.54) is 0 Å². The maximum absolute atomic E-state index is 5.38. The lowest BCUT2D eigenvalue weighted by atomic mass is 10.5. The maximum atomic E-state index is 5.38. The average molecular weight is 160 g/mol. The van der Waals surface area contributed by atoms with Gasteiger partial charge < -0.3 is 5.73 Å². The first-order valence-electron chi connectivity index (χ1n) is 3.04. The van der Waals surface area contributed by atoms with Crippen molar-refractivity contribution < 1.29 is 0 Å². The van der Waals surface area contributed by atoms with Gasteiger partial charge in [-0.05, 0) is 12.1 Å². The molecule has 10 heavy (non-hydrogen) atoms. The molecule has 56 valence electrons. The van der Waals surface area contributed by atoms with Crippen LogP contribution in [0.5, 0.6) is 0 Å². The van der Waals surface area contributed by atoms with Gasteiger partial charge in [-0.15, -0.1) is 10.2 Å². The zero-order valence-corrected chi connectivity index (χ0v) is 6.76. The van der Waals surface area contributed by atoms with E-state index in [1.54, 1.807) is 12.1 Å². The van der Waals surface area contributed by atoms with Gasteiger partial charge in [0.05, 0.1) is 0 Å². The minimum absolute atomic E-state index is 0.360. The van der Waals surface area contributed by atoms with Crippen molar-refractivity contribution >= 4 is 17.4 Å². The van der Waals surface area contributed by atoms with E-state index in [9.17, 15) is 0 Å². The summed E-state index contributed by atoms with van der Waals surface area (Å²) < 4.78 is 0. The number of hydrogen-bond donors (Lipinski definition) is 1. The highest BCUT2D eigenvalue weighted by Crippen LogP contribution is 2.01. The van der Waals surface area contributed by atoms with E-state index in [-0.39, 0.29) is 0 Å². The summed E-state index contributed by atoms with van der Waals surface area (Å²) >= 11 is 5.38. The molecule has 2 N–H and O–H groups in total. The van der Waals surface area contributed by atoms with Crippen molar-refractivity contribution in [3.63, 3.8) is 0 Å². The lowest BCUT2D eigenvalue weighted by molar-refractivity contribution is 1.04. The Labute approximate surface area is 65.2 Å². The maximum Gasteiger partial charge on any atom is 0.151 e. The van der Waals surface area contributed by atoms with Gasteiger partial charge in [0.2, 0.25) is 0 Å². The summed E-state index contributed by atoms with van der Waals surface area (Å²) in [5.74, 6) is 0.384. The van der Waals surface area contributed by atoms with Crippen molar-refractivity contribution in [1.29, 1.82) is 0 Å². The van der Waals surface area contributed by atoms with Gasteiger partial charge in [-0.25, -0.2) is 0 Å². The Kier molecular flexibility index (Phi) is 4.58. The van der Waals surface area contributed by atoms with Crippen molar-refractivity contribution in [2.45, 2.75) is 13.8 Å². The van der Waals surface area contributed by atoms with E-state index in [0.717, 1.165) is 0 Å². The Morgan fingerprint density at radius 2 is 1.90 bits per heavy atom. The summed E-state index contributed by atoms with van der Waals surface area (Å²) in [7, 11) is 0. The third kappa shape index (κ3) is 3.25. The monoisotopic (exact) mass is 159 g/mol. The molecule has 0 fully saturated rings. The molecule has 1 heterocycles. The molecule has 0 amide bonds. The highest BCUT2D eigenvalue weighted by Gasteiger charge is 1.85. The number of halogens is 1. The summed E-state index contributed by atoms with van der Waals surface area (Å²) in [6, 6.07) is 3.18. The lowest BCUT2D eigenvalue weighted by Gasteiger charge is -1.86. The molecule has 0 unspecified atom stereocenters. The third-order valence-corrected chi connectivity index (χ3v) is 0.854. The Hall–Kier alpha value is -0.830. The van der Waals surface area contributed by atoms with E-state index in [2.05, 4.69) is 10.2 Å². The predicted molar refractivity (Wildman–Crippen MR) is 42.8 cm³/mol. The van der Waals surface area contributed by atoms with E-state index in [0.29, 0.717) is 11.0 Å². The standard InChI is InChI=1S/C4H4ClN3.C2H6/c5-3-1-2-4(6)8-7-3;1-2/h1-2H,(H2,6,8);1-2H3. The molecular weight excluding hydrogens is 150 g/mol. The molecule has 0 aromatic carbocycles. The molecule has 0 aliphatic carbocycles. The fourth-order valence-corrected chi connectivity index (χ4v) is 0.427. The minimum Gasteiger partial charge on any atom is -0.382 e. The van der Waals surface area contributed by atoms with Gasteiger partial charge in [-0.1, -0.05) is 25.4 Å². The van der Waals surface area contributed by atoms with Gasteiger partial charge in [-0.2, -0.15) is 0 Å². The van der Waals surface area contributed by atoms with Crippen molar-refractivity contribution in [3.05, 3.63) is 17.3 Å². The highest BCUT2D eigenvalue weighted by molar-refractivity contribution is 6.29. The van der Waals surface area contributed by atoms with Gasteiger partial charge in [0.1, 0.15) is 5.82 Å². The molecule has 0 saturated heterocycles. The van der Waals surface area contributed by atoms with Crippen LogP contribution in [0.25, 0.3) is 0 Å². The summed E-state index contributed by atoms with van der Waals surface area (Å²) in [4.78, 5) is 0. The minimum atomic E-state index is 0.360. The fraction of sp³-hybridized carbons (Fsp3) is 0.333. The first kappa shape index (κ1) is 9.17. The van der Waals surface area contributed by atoms with Crippen LogP contribution in [0.1, 0.15) is 13.8 Å². The second-order valence-corrected chi connectivity index (χ2v) is 1.67. The van der Waals surface area contributed by atoms with Crippen LogP contribution in [0.3, 0.4) is 0 Å². The second kappa shape index (κ2) is 4.99. The van der Waals surface area contributed by atoms with Crippen molar-refractivity contribution in [1.82, 2.24) is 10.2 Å². The average Bonchev–Trinajstić information content (AvgIpc) is 2.00. The summed E-state index contributed by atoms with van der Waals surface area (Å²) in [6.45, 7) is 4.00. The topological polar surface area (TPSA) is 51.8 Å². The number of nitrogens with zero attached hydrogens (tertiary/aromatic N) is 2. The number of nitrogen functional groups attached to an aromatic ring is 1. The summed E-state index contributed by atoms with van der Waals surface area (Å²) in [5, 5.41) is 7.30. The number of nitrogens with two attached hydrogens (primary N) is 1. The third-order valence-electron chi connectivity index (χ3n) is 0.653. The molecule has 3 nitrogen and oxygen atoms in total. The Morgan fingerprint density at radius 1 is 1.30 bits per heavy atom. The molecule has 1 aromatic rings. The van der Waals surface area contributed by atoms with Gasteiger partial charge in [-0.3, -0.25) is 0 Å². The van der Waals surface area contributed by atoms with Gasteiger partial charge >= 0.3 is 0 Å². The van der Waals surface area contributed by atoms with E-state index in [1.807, 2.05) is 13.8 Å². The van der Waals surface area contributed by atoms with E-state index >= 15 is 0 Å². The van der Waals surface area contributed by atoms with Crippen molar-refractivity contribution in [2.75, 3.05) is 5.73 Å². The van der Waals surface area contributed by atoms with Crippen LogP contribution >= 0.6 is 11.6 Å². The molecule has 0 aliphatic heterocycles. The van der Waals surface area contributed by atoms with Gasteiger partial charge in [0, 0.05) is 0 Å². The van der Waals surface area contributed by atoms with Crippen molar-refractivity contribution in [3.8, 4) is 0 Å². The van der Waals surface area contributed by atoms with Crippen LogP contribution in [-0.2, 0) is 0 Å². The molecule has 1 rings (SSSR count). The summed E-state index contributed by atoms with van der Waals surface area (Å²) in [5.41, 5.74) is 5.19. The molecule has 4 heteroatoms. The zero-order valence-electron chi connectivity index (χ0n) is 6.00. The molecule has 0 atom stereocenters. The number of anilines is 1. The molecular formula is C6H10ClN3. The van der Waals surface area contributed by atoms with Crippen LogP contribution in [0.4, 0.5) is 5.82 Å². The second-order valence-electron chi connectivity index (χ2n) is 1.28. The van der Waals surface area contributed by atoms with Gasteiger partial charge in [0.15, 0.2) is 5.15 Å². The Morgan fingerprint density at radius 3 is 2.20 bits per heavy atom.